The molecule has 2 heterocycles. The van der Waals surface area contributed by atoms with Crippen LogP contribution in [-0.2, 0) is 14.3 Å². The molecule has 0 saturated heterocycles. The van der Waals surface area contributed by atoms with Crippen LogP contribution < -0.4 is 5.73 Å². The number of hydrogen-bond acceptors (Lipinski definition) is 6. The molecular formula is C20H17Cl2N3O3. The number of carbonyl (C=O) groups excluding carboxylic acids is 1. The van der Waals surface area contributed by atoms with Crippen molar-refractivity contribution >= 4 is 40.1 Å². The highest BCUT2D eigenvalue weighted by molar-refractivity contribution is 6.31. The number of halogens is 2. The molecule has 1 aromatic carbocycles. The van der Waals surface area contributed by atoms with Gasteiger partial charge in [0.15, 0.2) is 0 Å². The molecule has 1 atom stereocenters. The van der Waals surface area contributed by atoms with Gasteiger partial charge in [-0.05, 0) is 31.5 Å². The summed E-state index contributed by atoms with van der Waals surface area (Å²) in [5.74, 6) is -1.67. The molecule has 0 radical (unpaired) electrons. The molecule has 28 heavy (non-hydrogen) atoms. The number of allylic oxidation sites excluding steroid dienone is 2. The topological polar surface area (TPSA) is 98.2 Å². The molecule has 8 heteroatoms. The SMILES string of the molecule is CCOC(=O)C1=C(CCl)OC(N)=C(C#N)[C@@H]1c1cc2ccc(C)cc2nc1Cl. The van der Waals surface area contributed by atoms with E-state index in [9.17, 15) is 10.1 Å². The van der Waals surface area contributed by atoms with Crippen molar-refractivity contribution in [3.05, 3.63) is 63.3 Å². The van der Waals surface area contributed by atoms with Crippen molar-refractivity contribution in [1.82, 2.24) is 4.98 Å². The van der Waals surface area contributed by atoms with Crippen LogP contribution in [0.15, 0.2) is 47.1 Å². The highest BCUT2D eigenvalue weighted by Gasteiger charge is 2.38. The van der Waals surface area contributed by atoms with E-state index < -0.39 is 11.9 Å². The molecule has 0 aliphatic carbocycles. The van der Waals surface area contributed by atoms with E-state index in [1.54, 1.807) is 13.0 Å². The molecule has 0 saturated carbocycles. The first-order valence-corrected chi connectivity index (χ1v) is 9.43. The summed E-state index contributed by atoms with van der Waals surface area (Å²) < 4.78 is 10.6. The summed E-state index contributed by atoms with van der Waals surface area (Å²) in [4.78, 5) is 17.1. The van der Waals surface area contributed by atoms with E-state index in [2.05, 4.69) is 4.98 Å². The van der Waals surface area contributed by atoms with Gasteiger partial charge in [-0.15, -0.1) is 11.6 Å². The summed E-state index contributed by atoms with van der Waals surface area (Å²) in [5.41, 5.74) is 8.26. The monoisotopic (exact) mass is 417 g/mol. The predicted molar refractivity (Wildman–Crippen MR) is 107 cm³/mol. The number of hydrogen-bond donors (Lipinski definition) is 1. The van der Waals surface area contributed by atoms with E-state index in [-0.39, 0.29) is 40.4 Å². The van der Waals surface area contributed by atoms with Crippen LogP contribution in [0, 0.1) is 18.3 Å². The fraction of sp³-hybridized carbons (Fsp3) is 0.250. The Bertz CT molecular complexity index is 1070. The van der Waals surface area contributed by atoms with Gasteiger partial charge < -0.3 is 15.2 Å². The summed E-state index contributed by atoms with van der Waals surface area (Å²) >= 11 is 12.4. The third kappa shape index (κ3) is 3.51. The highest BCUT2D eigenvalue weighted by atomic mass is 35.5. The number of aryl methyl sites for hydroxylation is 1. The molecule has 0 bridgehead atoms. The molecule has 1 aliphatic heterocycles. The average molecular weight is 418 g/mol. The van der Waals surface area contributed by atoms with Gasteiger partial charge in [-0.3, -0.25) is 0 Å². The predicted octanol–water partition coefficient (Wildman–Crippen LogP) is 4.06. The van der Waals surface area contributed by atoms with E-state index in [1.165, 1.54) is 0 Å². The van der Waals surface area contributed by atoms with E-state index in [0.717, 1.165) is 10.9 Å². The lowest BCUT2D eigenvalue weighted by molar-refractivity contribution is -0.139. The second-order valence-electron chi connectivity index (χ2n) is 6.18. The lowest BCUT2D eigenvalue weighted by Gasteiger charge is -2.27. The molecule has 6 nitrogen and oxygen atoms in total. The second-order valence-corrected chi connectivity index (χ2v) is 6.81. The van der Waals surface area contributed by atoms with Crippen LogP contribution in [0.1, 0.15) is 24.0 Å². The second kappa shape index (κ2) is 8.09. The Labute approximate surface area is 172 Å². The first-order chi connectivity index (χ1) is 13.4. The summed E-state index contributed by atoms with van der Waals surface area (Å²) in [5, 5.41) is 10.6. The van der Waals surface area contributed by atoms with Crippen LogP contribution in [0.2, 0.25) is 5.15 Å². The van der Waals surface area contributed by atoms with Gasteiger partial charge >= 0.3 is 5.97 Å². The molecular weight excluding hydrogens is 401 g/mol. The van der Waals surface area contributed by atoms with Crippen molar-refractivity contribution in [1.29, 1.82) is 5.26 Å². The average Bonchev–Trinajstić information content (AvgIpc) is 2.66. The van der Waals surface area contributed by atoms with E-state index in [0.29, 0.717) is 11.1 Å². The van der Waals surface area contributed by atoms with Gasteiger partial charge in [0.05, 0.1) is 29.5 Å². The van der Waals surface area contributed by atoms with Crippen molar-refractivity contribution in [3.63, 3.8) is 0 Å². The molecule has 0 spiro atoms. The summed E-state index contributed by atoms with van der Waals surface area (Å²) in [7, 11) is 0. The summed E-state index contributed by atoms with van der Waals surface area (Å²) in [6.45, 7) is 3.78. The number of ether oxygens (including phenoxy) is 2. The van der Waals surface area contributed by atoms with Gasteiger partial charge in [-0.2, -0.15) is 5.26 Å². The molecule has 0 unspecified atom stereocenters. The lowest BCUT2D eigenvalue weighted by Crippen LogP contribution is -2.27. The number of pyridine rings is 1. The van der Waals surface area contributed by atoms with E-state index in [4.69, 9.17) is 38.4 Å². The van der Waals surface area contributed by atoms with Crippen molar-refractivity contribution in [2.24, 2.45) is 5.73 Å². The van der Waals surface area contributed by atoms with Crippen LogP contribution in [0.5, 0.6) is 0 Å². The summed E-state index contributed by atoms with van der Waals surface area (Å²) in [6.07, 6.45) is 0. The molecule has 144 valence electrons. The van der Waals surface area contributed by atoms with Gasteiger partial charge in [0.1, 0.15) is 22.6 Å². The number of esters is 1. The zero-order valence-corrected chi connectivity index (χ0v) is 16.8. The molecule has 2 aromatic rings. The van der Waals surface area contributed by atoms with Crippen molar-refractivity contribution in [3.8, 4) is 6.07 Å². The van der Waals surface area contributed by atoms with Gasteiger partial charge in [-0.25, -0.2) is 9.78 Å². The number of fused-ring (bicyclic) bond motifs is 1. The maximum absolute atomic E-state index is 12.7. The van der Waals surface area contributed by atoms with Gasteiger partial charge in [-0.1, -0.05) is 23.7 Å². The Morgan fingerprint density at radius 1 is 1.43 bits per heavy atom. The number of nitrogens with two attached hydrogens (primary N) is 1. The molecule has 1 aromatic heterocycles. The minimum absolute atomic E-state index is 0.0482. The quantitative estimate of drug-likeness (QED) is 0.457. The third-order valence-electron chi connectivity index (χ3n) is 4.38. The Balaban J connectivity index is 2.28. The lowest BCUT2D eigenvalue weighted by atomic mass is 9.83. The maximum Gasteiger partial charge on any atom is 0.338 e. The first-order valence-electron chi connectivity index (χ1n) is 8.51. The maximum atomic E-state index is 12.7. The fourth-order valence-electron chi connectivity index (χ4n) is 3.13. The number of alkyl halides is 1. The van der Waals surface area contributed by atoms with Crippen molar-refractivity contribution < 1.29 is 14.3 Å². The number of carbonyl (C=O) groups is 1. The van der Waals surface area contributed by atoms with Gasteiger partial charge in [0.2, 0.25) is 5.88 Å². The Hall–Kier alpha value is -2.75. The molecule has 0 fully saturated rings. The standard InChI is InChI=1S/C20H17Cl2N3O3/c1-3-27-20(26)17-15(8-21)28-19(24)13(9-23)16(17)12-7-11-5-4-10(2)6-14(11)25-18(12)22/h4-7,16H,3,8,24H2,1-2H3/t16-/m0/s1. The van der Waals surface area contributed by atoms with Crippen LogP contribution in [-0.4, -0.2) is 23.4 Å². The molecule has 2 N–H and O–H groups in total. The Kier molecular flexibility index (Phi) is 5.78. The first kappa shape index (κ1) is 20.0. The molecule has 1 aliphatic rings. The van der Waals surface area contributed by atoms with Crippen molar-refractivity contribution in [2.75, 3.05) is 12.5 Å². The number of nitriles is 1. The van der Waals surface area contributed by atoms with Crippen LogP contribution in [0.3, 0.4) is 0 Å². The van der Waals surface area contributed by atoms with Crippen LogP contribution in [0.4, 0.5) is 0 Å². The zero-order valence-electron chi connectivity index (χ0n) is 15.3. The minimum Gasteiger partial charge on any atom is -0.463 e. The third-order valence-corrected chi connectivity index (χ3v) is 4.92. The Morgan fingerprint density at radius 2 is 2.18 bits per heavy atom. The molecule has 0 amide bonds. The molecule has 3 rings (SSSR count). The number of nitrogens with zero attached hydrogens (tertiary/aromatic N) is 2. The fourth-order valence-corrected chi connectivity index (χ4v) is 3.59. The highest BCUT2D eigenvalue weighted by Crippen LogP contribution is 2.42. The van der Waals surface area contributed by atoms with E-state index in [1.807, 2.05) is 31.2 Å². The van der Waals surface area contributed by atoms with Crippen LogP contribution >= 0.6 is 23.2 Å². The van der Waals surface area contributed by atoms with Gasteiger partial charge in [0.25, 0.3) is 0 Å². The largest absolute Gasteiger partial charge is 0.463 e. The minimum atomic E-state index is -0.891. The van der Waals surface area contributed by atoms with E-state index >= 15 is 0 Å². The number of rotatable bonds is 4. The van der Waals surface area contributed by atoms with Gasteiger partial charge in [0, 0.05) is 10.9 Å². The summed E-state index contributed by atoms with van der Waals surface area (Å²) in [6, 6.07) is 9.54. The van der Waals surface area contributed by atoms with Crippen molar-refractivity contribution in [2.45, 2.75) is 19.8 Å². The number of benzene rings is 1. The van der Waals surface area contributed by atoms with Crippen LogP contribution in [0.25, 0.3) is 10.9 Å². The Morgan fingerprint density at radius 3 is 2.82 bits per heavy atom. The smallest absolute Gasteiger partial charge is 0.338 e. The number of aromatic nitrogens is 1. The normalized spacial score (nSPS) is 16.8. The zero-order chi connectivity index (χ0) is 20.4.